The number of benzene rings is 1. The average molecular weight is 243 g/mol. The fourth-order valence-electron chi connectivity index (χ4n) is 1.36. The van der Waals surface area contributed by atoms with E-state index in [4.69, 9.17) is 5.53 Å². The molecule has 0 radical (unpaired) electrons. The maximum Gasteiger partial charge on any atom is 0.337 e. The zero-order valence-corrected chi connectivity index (χ0v) is 10.3. The predicted molar refractivity (Wildman–Crippen MR) is 68.0 cm³/mol. The van der Waals surface area contributed by atoms with E-state index in [9.17, 15) is 4.79 Å². The molecule has 0 amide bonds. The molecule has 0 aliphatic heterocycles. The van der Waals surface area contributed by atoms with E-state index in [0.717, 1.165) is 11.1 Å². The summed E-state index contributed by atoms with van der Waals surface area (Å²) in [4.78, 5) is 13.9. The van der Waals surface area contributed by atoms with Crippen LogP contribution in [0.15, 0.2) is 23.3 Å². The van der Waals surface area contributed by atoms with E-state index in [1.807, 2.05) is 6.92 Å². The van der Waals surface area contributed by atoms with Crippen LogP contribution in [0.25, 0.3) is 10.4 Å². The van der Waals surface area contributed by atoms with Gasteiger partial charge in [0.15, 0.2) is 0 Å². The summed E-state index contributed by atoms with van der Waals surface area (Å²) in [6, 6.07) is 5.20. The van der Waals surface area contributed by atoms with Crippen molar-refractivity contribution in [1.29, 1.82) is 0 Å². The van der Waals surface area contributed by atoms with Crippen molar-refractivity contribution < 1.29 is 9.53 Å². The second-order valence-electron chi connectivity index (χ2n) is 3.53. The van der Waals surface area contributed by atoms with Crippen LogP contribution in [0.5, 0.6) is 0 Å². The molecule has 0 aromatic heterocycles. The van der Waals surface area contributed by atoms with Crippen LogP contribution in [0.3, 0.4) is 0 Å². The molecule has 1 aromatic carbocycles. The Morgan fingerprint density at radius 2 is 2.33 bits per heavy atom. The Morgan fingerprint density at radius 1 is 1.56 bits per heavy atom. The van der Waals surface area contributed by atoms with Crippen molar-refractivity contribution in [1.82, 2.24) is 0 Å². The van der Waals surface area contributed by atoms with Gasteiger partial charge in [0.1, 0.15) is 0 Å². The molecule has 18 heavy (non-hydrogen) atoms. The largest absolute Gasteiger partial charge is 0.465 e. The van der Waals surface area contributed by atoms with Crippen molar-refractivity contribution in [2.75, 3.05) is 13.7 Å². The summed E-state index contributed by atoms with van der Waals surface area (Å²) in [7, 11) is 1.35. The number of nitrogens with zero attached hydrogens (tertiary/aromatic N) is 3. The zero-order chi connectivity index (χ0) is 13.4. The summed E-state index contributed by atoms with van der Waals surface area (Å²) in [5.74, 6) is 5.52. The highest BCUT2D eigenvalue weighted by Gasteiger charge is 2.06. The first-order valence-electron chi connectivity index (χ1n) is 5.37. The minimum atomic E-state index is -0.360. The topological polar surface area (TPSA) is 75.1 Å². The number of rotatable bonds is 3. The smallest absolute Gasteiger partial charge is 0.337 e. The highest BCUT2D eigenvalue weighted by atomic mass is 16.5. The molecule has 0 unspecified atom stereocenters. The Hall–Kier alpha value is -2.44. The van der Waals surface area contributed by atoms with E-state index in [1.165, 1.54) is 7.11 Å². The number of hydrogen-bond donors (Lipinski definition) is 0. The molecule has 5 nitrogen and oxygen atoms in total. The van der Waals surface area contributed by atoms with E-state index in [2.05, 4.69) is 26.6 Å². The van der Waals surface area contributed by atoms with Gasteiger partial charge in [-0.1, -0.05) is 17.0 Å². The summed E-state index contributed by atoms with van der Waals surface area (Å²) < 4.78 is 4.64. The molecule has 1 aromatic rings. The minimum Gasteiger partial charge on any atom is -0.465 e. The molecule has 0 spiro atoms. The van der Waals surface area contributed by atoms with Crippen LogP contribution in [0, 0.1) is 18.8 Å². The van der Waals surface area contributed by atoms with Crippen LogP contribution in [-0.2, 0) is 4.74 Å². The third kappa shape index (κ3) is 3.85. The fraction of sp³-hybridized carbons (Fsp3) is 0.308. The molecule has 1 rings (SSSR count). The van der Waals surface area contributed by atoms with E-state index >= 15 is 0 Å². The van der Waals surface area contributed by atoms with Gasteiger partial charge < -0.3 is 4.74 Å². The van der Waals surface area contributed by atoms with Gasteiger partial charge in [0, 0.05) is 23.4 Å². The third-order valence-electron chi connectivity index (χ3n) is 2.27. The standard InChI is InChI=1S/C13H13N3O2/c1-10-9-12(13(17)18-2)7-6-11(10)5-3-4-8-15-16-14/h6-7,9H,4,8H2,1-2H3. The van der Waals surface area contributed by atoms with Gasteiger partial charge in [-0.15, -0.1) is 0 Å². The molecule has 0 aliphatic carbocycles. The number of methoxy groups -OCH3 is 1. The van der Waals surface area contributed by atoms with Gasteiger partial charge in [-0.05, 0) is 36.2 Å². The Bertz CT molecular complexity index is 549. The van der Waals surface area contributed by atoms with Gasteiger partial charge in [0.05, 0.1) is 12.7 Å². The number of aryl methyl sites for hydroxylation is 1. The predicted octanol–water partition coefficient (Wildman–Crippen LogP) is 2.83. The van der Waals surface area contributed by atoms with Crippen LogP contribution >= 0.6 is 0 Å². The van der Waals surface area contributed by atoms with Crippen LogP contribution in [0.2, 0.25) is 0 Å². The summed E-state index contributed by atoms with van der Waals surface area (Å²) in [5, 5.41) is 3.39. The van der Waals surface area contributed by atoms with Crippen molar-refractivity contribution >= 4 is 5.97 Å². The molecule has 0 saturated carbocycles. The Labute approximate surface area is 105 Å². The maximum absolute atomic E-state index is 11.3. The molecule has 0 fully saturated rings. The summed E-state index contributed by atoms with van der Waals surface area (Å²) in [6.07, 6.45) is 0.516. The lowest BCUT2D eigenvalue weighted by atomic mass is 10.1. The first-order chi connectivity index (χ1) is 8.69. The van der Waals surface area contributed by atoms with Crippen LogP contribution < -0.4 is 0 Å². The Balaban J connectivity index is 2.79. The van der Waals surface area contributed by atoms with E-state index in [-0.39, 0.29) is 5.97 Å². The zero-order valence-electron chi connectivity index (χ0n) is 10.3. The van der Waals surface area contributed by atoms with Gasteiger partial charge in [0.2, 0.25) is 0 Å². The quantitative estimate of drug-likeness (QED) is 0.204. The second kappa shape index (κ2) is 7.00. The molecule has 0 atom stereocenters. The van der Waals surface area contributed by atoms with Gasteiger partial charge >= 0.3 is 5.97 Å². The number of hydrogen-bond acceptors (Lipinski definition) is 3. The molecular weight excluding hydrogens is 230 g/mol. The number of carbonyl (C=O) groups excluding carboxylic acids is 1. The first-order valence-corrected chi connectivity index (χ1v) is 5.37. The number of carbonyl (C=O) groups is 1. The molecule has 0 aliphatic rings. The number of ether oxygens (including phenoxy) is 1. The molecular formula is C13H13N3O2. The van der Waals surface area contributed by atoms with Crippen molar-refractivity contribution in [3.05, 3.63) is 45.3 Å². The summed E-state index contributed by atoms with van der Waals surface area (Å²) >= 11 is 0. The molecule has 0 N–H and O–H groups in total. The lowest BCUT2D eigenvalue weighted by molar-refractivity contribution is 0.0600. The fourth-order valence-corrected chi connectivity index (χ4v) is 1.36. The van der Waals surface area contributed by atoms with Gasteiger partial charge in [0.25, 0.3) is 0 Å². The maximum atomic E-state index is 11.3. The lowest BCUT2D eigenvalue weighted by Crippen LogP contribution is -2.01. The average Bonchev–Trinajstić information content (AvgIpc) is 2.39. The van der Waals surface area contributed by atoms with Crippen LogP contribution in [-0.4, -0.2) is 19.6 Å². The van der Waals surface area contributed by atoms with E-state index in [0.29, 0.717) is 18.5 Å². The third-order valence-corrected chi connectivity index (χ3v) is 2.27. The molecule has 0 bridgehead atoms. The molecule has 0 heterocycles. The molecule has 92 valence electrons. The number of azide groups is 1. The lowest BCUT2D eigenvalue weighted by Gasteiger charge is -2.02. The van der Waals surface area contributed by atoms with Crippen molar-refractivity contribution in [3.8, 4) is 11.8 Å². The Kier molecular flexibility index (Phi) is 5.30. The van der Waals surface area contributed by atoms with Crippen molar-refractivity contribution in [2.24, 2.45) is 5.11 Å². The second-order valence-corrected chi connectivity index (χ2v) is 3.53. The monoisotopic (exact) mass is 243 g/mol. The van der Waals surface area contributed by atoms with Crippen molar-refractivity contribution in [2.45, 2.75) is 13.3 Å². The minimum absolute atomic E-state index is 0.360. The van der Waals surface area contributed by atoms with E-state index in [1.54, 1.807) is 18.2 Å². The highest BCUT2D eigenvalue weighted by molar-refractivity contribution is 5.89. The van der Waals surface area contributed by atoms with Crippen LogP contribution in [0.1, 0.15) is 27.9 Å². The van der Waals surface area contributed by atoms with E-state index < -0.39 is 0 Å². The van der Waals surface area contributed by atoms with Gasteiger partial charge in [-0.25, -0.2) is 4.79 Å². The first kappa shape index (κ1) is 13.6. The Morgan fingerprint density at radius 3 is 2.94 bits per heavy atom. The summed E-state index contributed by atoms with van der Waals surface area (Å²) in [5.41, 5.74) is 10.4. The van der Waals surface area contributed by atoms with Crippen LogP contribution in [0.4, 0.5) is 0 Å². The van der Waals surface area contributed by atoms with Crippen molar-refractivity contribution in [3.63, 3.8) is 0 Å². The molecule has 5 heteroatoms. The summed E-state index contributed by atoms with van der Waals surface area (Å²) in [6.45, 7) is 2.24. The normalized spacial score (nSPS) is 8.78. The van der Waals surface area contributed by atoms with Gasteiger partial charge in [-0.2, -0.15) is 0 Å². The highest BCUT2D eigenvalue weighted by Crippen LogP contribution is 2.11. The molecule has 0 saturated heterocycles. The SMILES string of the molecule is COC(=O)c1ccc(C#CCCN=[N+]=[N-])c(C)c1. The number of esters is 1. The van der Waals surface area contributed by atoms with Gasteiger partial charge in [-0.3, -0.25) is 0 Å².